The fourth-order valence-corrected chi connectivity index (χ4v) is 3.78. The molecule has 3 rings (SSSR count). The van der Waals surface area contributed by atoms with Crippen LogP contribution >= 0.6 is 11.8 Å². The molecule has 1 saturated carbocycles. The van der Waals surface area contributed by atoms with E-state index in [0.29, 0.717) is 17.0 Å². The Labute approximate surface area is 151 Å². The highest BCUT2D eigenvalue weighted by molar-refractivity contribution is 8.00. The maximum Gasteiger partial charge on any atom is 0.316 e. The van der Waals surface area contributed by atoms with Crippen molar-refractivity contribution in [2.75, 3.05) is 6.54 Å². The molecule has 0 radical (unpaired) electrons. The van der Waals surface area contributed by atoms with Gasteiger partial charge in [0.25, 0.3) is 5.91 Å². The quantitative estimate of drug-likeness (QED) is 0.743. The van der Waals surface area contributed by atoms with Gasteiger partial charge in [0.15, 0.2) is 0 Å². The van der Waals surface area contributed by atoms with Gasteiger partial charge in [-0.15, -0.1) is 11.8 Å². The van der Waals surface area contributed by atoms with Gasteiger partial charge in [0.1, 0.15) is 5.25 Å². The highest BCUT2D eigenvalue weighted by atomic mass is 32.2. The second kappa shape index (κ2) is 7.31. The predicted molar refractivity (Wildman–Crippen MR) is 99.1 cm³/mol. The third-order valence-corrected chi connectivity index (χ3v) is 5.78. The van der Waals surface area contributed by atoms with Crippen LogP contribution in [-0.4, -0.2) is 28.8 Å². The molecule has 1 unspecified atom stereocenters. The largest absolute Gasteiger partial charge is 0.480 e. The minimum atomic E-state index is -0.888. The van der Waals surface area contributed by atoms with Crippen molar-refractivity contribution in [1.29, 1.82) is 0 Å². The second-order valence-corrected chi connectivity index (χ2v) is 7.81. The third kappa shape index (κ3) is 4.04. The van der Waals surface area contributed by atoms with E-state index in [4.69, 9.17) is 5.11 Å². The third-order valence-electron chi connectivity index (χ3n) is 4.61. The van der Waals surface area contributed by atoms with Crippen molar-refractivity contribution >= 4 is 23.6 Å². The van der Waals surface area contributed by atoms with Crippen LogP contribution in [-0.2, 0) is 10.2 Å². The van der Waals surface area contributed by atoms with Gasteiger partial charge in [0, 0.05) is 16.9 Å². The zero-order valence-corrected chi connectivity index (χ0v) is 14.9. The van der Waals surface area contributed by atoms with Gasteiger partial charge in [-0.1, -0.05) is 42.5 Å². The fourth-order valence-electron chi connectivity index (χ4n) is 2.85. The number of hydrogen-bond acceptors (Lipinski definition) is 3. The molecule has 0 saturated heterocycles. The number of amides is 1. The molecule has 1 aliphatic rings. The number of benzene rings is 2. The Morgan fingerprint density at radius 3 is 2.40 bits per heavy atom. The zero-order chi connectivity index (χ0) is 17.9. The van der Waals surface area contributed by atoms with Gasteiger partial charge in [-0.2, -0.15) is 0 Å². The number of aliphatic carboxylic acids is 1. The van der Waals surface area contributed by atoms with Gasteiger partial charge < -0.3 is 10.4 Å². The Hall–Kier alpha value is -2.27. The first kappa shape index (κ1) is 17.5. The summed E-state index contributed by atoms with van der Waals surface area (Å²) in [6.07, 6.45) is 2.15. The average molecular weight is 355 g/mol. The SMILES string of the molecule is CC(Sc1ccccc1C(=O)NCC1(c2ccccc2)CC1)C(=O)O. The molecule has 0 spiro atoms. The Balaban J connectivity index is 1.69. The number of nitrogens with one attached hydrogen (secondary N) is 1. The van der Waals surface area contributed by atoms with Crippen LogP contribution in [0.25, 0.3) is 0 Å². The van der Waals surface area contributed by atoms with E-state index in [9.17, 15) is 9.59 Å². The smallest absolute Gasteiger partial charge is 0.316 e. The maximum absolute atomic E-state index is 12.7. The molecule has 0 heterocycles. The molecular weight excluding hydrogens is 334 g/mol. The van der Waals surface area contributed by atoms with Gasteiger partial charge in [0.05, 0.1) is 5.56 Å². The Morgan fingerprint density at radius 2 is 1.76 bits per heavy atom. The standard InChI is InChI=1S/C20H21NO3S/c1-14(19(23)24)25-17-10-6-5-9-16(17)18(22)21-13-20(11-12-20)15-7-3-2-4-8-15/h2-10,14H,11-13H2,1H3,(H,21,22)(H,23,24). The van der Waals surface area contributed by atoms with Crippen molar-refractivity contribution in [2.45, 2.75) is 35.3 Å². The minimum Gasteiger partial charge on any atom is -0.480 e. The fraction of sp³-hybridized carbons (Fsp3) is 0.300. The van der Waals surface area contributed by atoms with E-state index in [2.05, 4.69) is 17.4 Å². The summed E-state index contributed by atoms with van der Waals surface area (Å²) in [7, 11) is 0. The minimum absolute atomic E-state index is 0.0490. The molecule has 0 bridgehead atoms. The number of rotatable bonds is 7. The number of carbonyl (C=O) groups excluding carboxylic acids is 1. The zero-order valence-electron chi connectivity index (χ0n) is 14.1. The molecule has 25 heavy (non-hydrogen) atoms. The second-order valence-electron chi connectivity index (χ2n) is 6.42. The molecule has 1 fully saturated rings. The lowest BCUT2D eigenvalue weighted by atomic mass is 9.96. The first-order valence-corrected chi connectivity index (χ1v) is 9.22. The molecule has 1 aliphatic carbocycles. The molecule has 5 heteroatoms. The summed E-state index contributed by atoms with van der Waals surface area (Å²) >= 11 is 1.19. The van der Waals surface area contributed by atoms with E-state index in [1.807, 2.05) is 24.3 Å². The molecule has 4 nitrogen and oxygen atoms in total. The summed E-state index contributed by atoms with van der Waals surface area (Å²) in [6, 6.07) is 17.4. The van der Waals surface area contributed by atoms with Gasteiger partial charge >= 0.3 is 5.97 Å². The van der Waals surface area contributed by atoms with E-state index >= 15 is 0 Å². The summed E-state index contributed by atoms with van der Waals surface area (Å²) in [4.78, 5) is 24.4. The van der Waals surface area contributed by atoms with Crippen LogP contribution in [0.5, 0.6) is 0 Å². The predicted octanol–water partition coefficient (Wildman–Crippen LogP) is 3.71. The molecule has 2 aromatic carbocycles. The van der Waals surface area contributed by atoms with Crippen LogP contribution in [0.2, 0.25) is 0 Å². The number of carboxylic acid groups (broad SMARTS) is 1. The van der Waals surface area contributed by atoms with Gasteiger partial charge in [-0.05, 0) is 37.5 Å². The highest BCUT2D eigenvalue weighted by Gasteiger charge is 2.44. The van der Waals surface area contributed by atoms with Crippen molar-refractivity contribution in [3.05, 3.63) is 65.7 Å². The molecular formula is C20H21NO3S. The lowest BCUT2D eigenvalue weighted by molar-refractivity contribution is -0.136. The van der Waals surface area contributed by atoms with Crippen LogP contribution in [0.3, 0.4) is 0 Å². The molecule has 1 amide bonds. The monoisotopic (exact) mass is 355 g/mol. The lowest BCUT2D eigenvalue weighted by Crippen LogP contribution is -2.32. The van der Waals surface area contributed by atoms with Gasteiger partial charge in [-0.3, -0.25) is 9.59 Å². The molecule has 130 valence electrons. The van der Waals surface area contributed by atoms with Crippen molar-refractivity contribution in [3.8, 4) is 0 Å². The van der Waals surface area contributed by atoms with E-state index in [1.54, 1.807) is 25.1 Å². The summed E-state index contributed by atoms with van der Waals surface area (Å²) in [6.45, 7) is 2.22. The highest BCUT2D eigenvalue weighted by Crippen LogP contribution is 2.47. The van der Waals surface area contributed by atoms with Gasteiger partial charge in [-0.25, -0.2) is 0 Å². The van der Waals surface area contributed by atoms with Crippen LogP contribution in [0.1, 0.15) is 35.7 Å². The summed E-state index contributed by atoms with van der Waals surface area (Å²) < 4.78 is 0. The van der Waals surface area contributed by atoms with Crippen molar-refractivity contribution in [2.24, 2.45) is 0 Å². The van der Waals surface area contributed by atoms with E-state index in [1.165, 1.54) is 17.3 Å². The van der Waals surface area contributed by atoms with Crippen molar-refractivity contribution in [3.63, 3.8) is 0 Å². The first-order chi connectivity index (χ1) is 12.0. The van der Waals surface area contributed by atoms with E-state index in [-0.39, 0.29) is 11.3 Å². The van der Waals surface area contributed by atoms with E-state index in [0.717, 1.165) is 12.8 Å². The first-order valence-electron chi connectivity index (χ1n) is 8.34. The van der Waals surface area contributed by atoms with Crippen LogP contribution in [0, 0.1) is 0 Å². The lowest BCUT2D eigenvalue weighted by Gasteiger charge is -2.17. The maximum atomic E-state index is 12.7. The normalized spacial score (nSPS) is 16.0. The van der Waals surface area contributed by atoms with Crippen LogP contribution in [0.4, 0.5) is 0 Å². The number of carbonyl (C=O) groups is 2. The number of thioether (sulfide) groups is 1. The molecule has 2 N–H and O–H groups in total. The number of hydrogen-bond donors (Lipinski definition) is 2. The topological polar surface area (TPSA) is 66.4 Å². The average Bonchev–Trinajstić information content (AvgIpc) is 3.42. The van der Waals surface area contributed by atoms with Crippen LogP contribution in [0.15, 0.2) is 59.5 Å². The Bertz CT molecular complexity index is 772. The molecule has 1 atom stereocenters. The van der Waals surface area contributed by atoms with E-state index < -0.39 is 11.2 Å². The van der Waals surface area contributed by atoms with Crippen molar-refractivity contribution in [1.82, 2.24) is 5.32 Å². The summed E-state index contributed by atoms with van der Waals surface area (Å²) in [5.74, 6) is -1.04. The molecule has 0 aliphatic heterocycles. The Kier molecular flexibility index (Phi) is 5.13. The Morgan fingerprint density at radius 1 is 1.12 bits per heavy atom. The summed E-state index contributed by atoms with van der Waals surface area (Å²) in [5, 5.41) is 11.5. The molecule has 0 aromatic heterocycles. The van der Waals surface area contributed by atoms with Crippen LogP contribution < -0.4 is 5.32 Å². The van der Waals surface area contributed by atoms with Gasteiger partial charge in [0.2, 0.25) is 0 Å². The molecule has 2 aromatic rings. The summed E-state index contributed by atoms with van der Waals surface area (Å²) in [5.41, 5.74) is 1.84. The number of carboxylic acids is 1. The van der Waals surface area contributed by atoms with Crippen molar-refractivity contribution < 1.29 is 14.7 Å².